The number of nitrogens with one attached hydrogen (secondary N) is 2. The lowest BCUT2D eigenvalue weighted by molar-refractivity contribution is -0.132. The van der Waals surface area contributed by atoms with Crippen LogP contribution in [0.15, 0.2) is 12.1 Å². The molecular formula is C19H24ClN3O5. The van der Waals surface area contributed by atoms with Crippen molar-refractivity contribution in [1.29, 1.82) is 0 Å². The van der Waals surface area contributed by atoms with E-state index in [2.05, 4.69) is 10.6 Å². The fourth-order valence-electron chi connectivity index (χ4n) is 3.68. The van der Waals surface area contributed by atoms with E-state index in [-0.39, 0.29) is 24.2 Å². The molecule has 1 atom stereocenters. The number of amides is 4. The third-order valence-electron chi connectivity index (χ3n) is 5.29. The van der Waals surface area contributed by atoms with Gasteiger partial charge in [0, 0.05) is 19.5 Å². The van der Waals surface area contributed by atoms with Crippen LogP contribution < -0.4 is 20.1 Å². The van der Waals surface area contributed by atoms with E-state index in [1.807, 2.05) is 17.0 Å². The molecule has 0 aromatic heterocycles. The zero-order valence-electron chi connectivity index (χ0n) is 15.9. The van der Waals surface area contributed by atoms with Crippen molar-refractivity contribution in [2.75, 3.05) is 27.3 Å². The quantitative estimate of drug-likeness (QED) is 0.701. The normalized spacial score (nSPS) is 20.0. The van der Waals surface area contributed by atoms with E-state index in [0.717, 1.165) is 18.4 Å². The van der Waals surface area contributed by atoms with Crippen molar-refractivity contribution in [2.45, 2.75) is 37.6 Å². The van der Waals surface area contributed by atoms with Crippen molar-refractivity contribution in [2.24, 2.45) is 0 Å². The first-order valence-corrected chi connectivity index (χ1v) is 9.61. The summed E-state index contributed by atoms with van der Waals surface area (Å²) in [5.41, 5.74) is 1.08. The zero-order chi connectivity index (χ0) is 20.3. The van der Waals surface area contributed by atoms with E-state index in [1.165, 1.54) is 0 Å². The lowest BCUT2D eigenvalue weighted by atomic mass is 9.89. The standard InChI is InChI=1S/C19H24ClN3O5/c1-27-14-9-12(10-15(28-2)17(14)20)11-5-7-23(8-6-11)16(24)4-3-13-18(25)22-19(26)21-13/h9-11,13H,3-8H2,1-2H3,(H2,21,22,25,26). The molecule has 152 valence electrons. The molecule has 1 unspecified atom stereocenters. The maximum atomic E-state index is 12.5. The lowest BCUT2D eigenvalue weighted by Gasteiger charge is -2.32. The van der Waals surface area contributed by atoms with Crippen LogP contribution >= 0.6 is 11.6 Å². The Morgan fingerprint density at radius 3 is 2.29 bits per heavy atom. The van der Waals surface area contributed by atoms with Crippen LogP contribution in [0.4, 0.5) is 4.79 Å². The summed E-state index contributed by atoms with van der Waals surface area (Å²) in [6, 6.07) is 2.73. The van der Waals surface area contributed by atoms with Crippen molar-refractivity contribution >= 4 is 29.4 Å². The highest BCUT2D eigenvalue weighted by Crippen LogP contribution is 2.39. The molecule has 2 aliphatic heterocycles. The van der Waals surface area contributed by atoms with Crippen LogP contribution in [-0.2, 0) is 9.59 Å². The highest BCUT2D eigenvalue weighted by atomic mass is 35.5. The molecule has 0 radical (unpaired) electrons. The molecule has 2 N–H and O–H groups in total. The van der Waals surface area contributed by atoms with Gasteiger partial charge in [-0.15, -0.1) is 0 Å². The maximum Gasteiger partial charge on any atom is 0.322 e. The Morgan fingerprint density at radius 1 is 1.18 bits per heavy atom. The average Bonchev–Trinajstić information content (AvgIpc) is 3.03. The number of hydrogen-bond donors (Lipinski definition) is 2. The second-order valence-corrected chi connectivity index (χ2v) is 7.33. The fourth-order valence-corrected chi connectivity index (χ4v) is 3.94. The molecule has 28 heavy (non-hydrogen) atoms. The van der Waals surface area contributed by atoms with Crippen LogP contribution in [0.2, 0.25) is 5.02 Å². The summed E-state index contributed by atoms with van der Waals surface area (Å²) < 4.78 is 10.7. The third-order valence-corrected chi connectivity index (χ3v) is 5.67. The smallest absolute Gasteiger partial charge is 0.322 e. The van der Waals surface area contributed by atoms with Crippen LogP contribution in [0.3, 0.4) is 0 Å². The number of nitrogens with zero attached hydrogens (tertiary/aromatic N) is 1. The van der Waals surface area contributed by atoms with Crippen LogP contribution in [0.5, 0.6) is 11.5 Å². The molecule has 2 saturated heterocycles. The number of carbonyl (C=O) groups is 3. The van der Waals surface area contributed by atoms with Crippen LogP contribution in [0.25, 0.3) is 0 Å². The minimum absolute atomic E-state index is 0.00123. The number of ether oxygens (including phenoxy) is 2. The first-order chi connectivity index (χ1) is 13.4. The van der Waals surface area contributed by atoms with Gasteiger partial charge in [0.1, 0.15) is 22.6 Å². The van der Waals surface area contributed by atoms with Gasteiger partial charge < -0.3 is 19.7 Å². The number of methoxy groups -OCH3 is 2. The van der Waals surface area contributed by atoms with Gasteiger partial charge in [-0.25, -0.2) is 4.79 Å². The summed E-state index contributed by atoms with van der Waals surface area (Å²) in [5, 5.41) is 5.13. The number of halogens is 1. The van der Waals surface area contributed by atoms with Gasteiger partial charge in [-0.3, -0.25) is 14.9 Å². The van der Waals surface area contributed by atoms with Gasteiger partial charge in [0.15, 0.2) is 0 Å². The molecule has 0 saturated carbocycles. The number of carbonyl (C=O) groups excluding carboxylic acids is 3. The highest BCUT2D eigenvalue weighted by molar-refractivity contribution is 6.33. The Bertz CT molecular complexity index is 752. The molecule has 4 amide bonds. The Balaban J connectivity index is 1.55. The fraction of sp³-hybridized carbons (Fsp3) is 0.526. The molecule has 2 aliphatic rings. The second kappa shape index (κ2) is 8.68. The molecule has 8 nitrogen and oxygen atoms in total. The minimum Gasteiger partial charge on any atom is -0.495 e. The number of likely N-dealkylation sites (tertiary alicyclic amines) is 1. The first-order valence-electron chi connectivity index (χ1n) is 9.23. The predicted octanol–water partition coefficient (Wildman–Crippen LogP) is 2.05. The minimum atomic E-state index is -0.622. The Labute approximate surface area is 168 Å². The Hall–Kier alpha value is -2.48. The van der Waals surface area contributed by atoms with E-state index >= 15 is 0 Å². The second-order valence-electron chi connectivity index (χ2n) is 6.95. The zero-order valence-corrected chi connectivity index (χ0v) is 16.7. The van der Waals surface area contributed by atoms with E-state index in [0.29, 0.717) is 36.0 Å². The molecule has 9 heteroatoms. The van der Waals surface area contributed by atoms with Crippen molar-refractivity contribution in [3.8, 4) is 11.5 Å². The molecule has 1 aromatic carbocycles. The summed E-state index contributed by atoms with van der Waals surface area (Å²) in [6.45, 7) is 1.28. The summed E-state index contributed by atoms with van der Waals surface area (Å²) in [6.07, 6.45) is 2.17. The van der Waals surface area contributed by atoms with Crippen molar-refractivity contribution in [3.05, 3.63) is 22.7 Å². The van der Waals surface area contributed by atoms with Gasteiger partial charge in [0.2, 0.25) is 5.91 Å². The van der Waals surface area contributed by atoms with Crippen LogP contribution in [0.1, 0.15) is 37.2 Å². The first kappa shape index (κ1) is 20.3. The van der Waals surface area contributed by atoms with Crippen molar-refractivity contribution < 1.29 is 23.9 Å². The van der Waals surface area contributed by atoms with Crippen LogP contribution in [0, 0.1) is 0 Å². The van der Waals surface area contributed by atoms with E-state index < -0.39 is 12.1 Å². The number of benzene rings is 1. The van der Waals surface area contributed by atoms with E-state index in [9.17, 15) is 14.4 Å². The highest BCUT2D eigenvalue weighted by Gasteiger charge is 2.31. The monoisotopic (exact) mass is 409 g/mol. The van der Waals surface area contributed by atoms with Gasteiger partial charge in [-0.05, 0) is 42.9 Å². The van der Waals surface area contributed by atoms with Gasteiger partial charge in [0.25, 0.3) is 5.91 Å². The van der Waals surface area contributed by atoms with Crippen LogP contribution in [-0.4, -0.2) is 56.1 Å². The number of piperidine rings is 1. The molecule has 2 fully saturated rings. The Kier molecular flexibility index (Phi) is 6.28. The Morgan fingerprint density at radius 2 is 1.79 bits per heavy atom. The largest absolute Gasteiger partial charge is 0.495 e. The average molecular weight is 410 g/mol. The number of urea groups is 1. The van der Waals surface area contributed by atoms with E-state index in [4.69, 9.17) is 21.1 Å². The third kappa shape index (κ3) is 4.32. The molecule has 0 spiro atoms. The topological polar surface area (TPSA) is 97.0 Å². The number of hydrogen-bond acceptors (Lipinski definition) is 5. The molecule has 3 rings (SSSR count). The predicted molar refractivity (Wildman–Crippen MR) is 103 cm³/mol. The molecule has 0 bridgehead atoms. The summed E-state index contributed by atoms with van der Waals surface area (Å²) in [4.78, 5) is 37.0. The SMILES string of the molecule is COc1cc(C2CCN(C(=O)CCC3NC(=O)NC3=O)CC2)cc(OC)c1Cl. The molecule has 2 heterocycles. The summed E-state index contributed by atoms with van der Waals surface area (Å²) >= 11 is 6.24. The van der Waals surface area contributed by atoms with Gasteiger partial charge >= 0.3 is 6.03 Å². The van der Waals surface area contributed by atoms with Gasteiger partial charge in [0.05, 0.1) is 14.2 Å². The lowest BCUT2D eigenvalue weighted by Crippen LogP contribution is -2.39. The van der Waals surface area contributed by atoms with Crippen molar-refractivity contribution in [3.63, 3.8) is 0 Å². The summed E-state index contributed by atoms with van der Waals surface area (Å²) in [7, 11) is 3.14. The number of rotatable bonds is 6. The molecule has 1 aromatic rings. The van der Waals surface area contributed by atoms with Gasteiger partial charge in [-0.2, -0.15) is 0 Å². The van der Waals surface area contributed by atoms with Crippen molar-refractivity contribution in [1.82, 2.24) is 15.5 Å². The van der Waals surface area contributed by atoms with E-state index in [1.54, 1.807) is 14.2 Å². The molecule has 0 aliphatic carbocycles. The summed E-state index contributed by atoms with van der Waals surface area (Å²) in [5.74, 6) is 1.06. The number of imide groups is 1. The maximum absolute atomic E-state index is 12.5. The molecular weight excluding hydrogens is 386 g/mol. The van der Waals surface area contributed by atoms with Gasteiger partial charge in [-0.1, -0.05) is 11.6 Å².